The number of allylic oxidation sites excluding steroid dienone is 6. The summed E-state index contributed by atoms with van der Waals surface area (Å²) in [5, 5.41) is 13.6. The highest BCUT2D eigenvalue weighted by atomic mass is 16.7. The molecular weight excluding hydrogens is 468 g/mol. The smallest absolute Gasteiger partial charge is 0.434 e. The van der Waals surface area contributed by atoms with E-state index in [0.717, 1.165) is 30.8 Å². The molecule has 36 heavy (non-hydrogen) atoms. The zero-order valence-corrected chi connectivity index (χ0v) is 20.3. The lowest BCUT2D eigenvalue weighted by atomic mass is 9.97. The second-order valence-corrected chi connectivity index (χ2v) is 8.96. The van der Waals surface area contributed by atoms with Crippen molar-refractivity contribution in [1.29, 1.82) is 0 Å². The van der Waals surface area contributed by atoms with Gasteiger partial charge in [-0.1, -0.05) is 23.0 Å². The average Bonchev–Trinajstić information content (AvgIpc) is 3.17. The summed E-state index contributed by atoms with van der Waals surface area (Å²) in [6, 6.07) is 0. The molecule has 0 bridgehead atoms. The summed E-state index contributed by atoms with van der Waals surface area (Å²) in [6.07, 6.45) is 15.0. The molecule has 4 rings (SSSR count). The van der Waals surface area contributed by atoms with Crippen LogP contribution in [0.5, 0.6) is 5.88 Å². The summed E-state index contributed by atoms with van der Waals surface area (Å²) < 4.78 is 11.2. The van der Waals surface area contributed by atoms with Crippen molar-refractivity contribution in [3.05, 3.63) is 64.2 Å². The SMILES string of the molecule is COC(=O)C1CCN(C(=O)On2c(O)c(CNCC3C=CC(OC4=CC=CCC4)=CC3)[nH]c2=O)CC1. The first-order chi connectivity index (χ1) is 17.4. The van der Waals surface area contributed by atoms with Gasteiger partial charge in [-0.25, -0.2) is 9.59 Å². The number of imidazole rings is 1. The van der Waals surface area contributed by atoms with E-state index in [9.17, 15) is 19.5 Å². The molecule has 1 saturated heterocycles. The number of likely N-dealkylation sites (tertiary alicyclic amines) is 1. The number of amides is 1. The van der Waals surface area contributed by atoms with Crippen molar-refractivity contribution in [3.63, 3.8) is 0 Å². The van der Waals surface area contributed by atoms with Gasteiger partial charge in [-0.2, -0.15) is 0 Å². The standard InChI is InChI=1S/C25H32N4O7/c1-34-23(31)18-11-13-28(14-12-18)25(33)36-29-22(30)21(27-24(29)32)16-26-15-17-7-9-20(10-8-17)35-19-5-3-2-4-6-19/h2-3,5,7,9-10,17-18,26,30H,4,6,8,11-16H2,1H3,(H,27,32). The Labute approximate surface area is 208 Å². The molecule has 2 heterocycles. The number of hydrogen-bond acceptors (Lipinski definition) is 8. The van der Waals surface area contributed by atoms with Gasteiger partial charge in [0.2, 0.25) is 0 Å². The summed E-state index contributed by atoms with van der Waals surface area (Å²) in [7, 11) is 1.33. The van der Waals surface area contributed by atoms with E-state index in [-0.39, 0.29) is 43.1 Å². The van der Waals surface area contributed by atoms with Gasteiger partial charge in [-0.3, -0.25) is 4.79 Å². The van der Waals surface area contributed by atoms with E-state index in [2.05, 4.69) is 28.5 Å². The lowest BCUT2D eigenvalue weighted by Crippen LogP contribution is -2.45. The van der Waals surface area contributed by atoms with Crippen LogP contribution in [-0.2, 0) is 20.8 Å². The monoisotopic (exact) mass is 500 g/mol. The number of H-pyrrole nitrogens is 1. The van der Waals surface area contributed by atoms with Crippen molar-refractivity contribution in [2.24, 2.45) is 11.8 Å². The Morgan fingerprint density at radius 3 is 2.75 bits per heavy atom. The van der Waals surface area contributed by atoms with Gasteiger partial charge in [0.15, 0.2) is 0 Å². The first-order valence-electron chi connectivity index (χ1n) is 12.1. The Bertz CT molecular complexity index is 1140. The number of aromatic nitrogens is 2. The highest BCUT2D eigenvalue weighted by Crippen LogP contribution is 2.23. The second-order valence-electron chi connectivity index (χ2n) is 8.96. The Morgan fingerprint density at radius 2 is 2.08 bits per heavy atom. The summed E-state index contributed by atoms with van der Waals surface area (Å²) >= 11 is 0. The number of carbonyl (C=O) groups excluding carboxylic acids is 2. The molecule has 1 aromatic rings. The van der Waals surface area contributed by atoms with Crippen LogP contribution in [0, 0.1) is 11.8 Å². The van der Waals surface area contributed by atoms with Crippen LogP contribution in [0.2, 0.25) is 0 Å². The topological polar surface area (TPSA) is 135 Å². The Hall–Kier alpha value is -3.73. The number of aromatic hydroxyl groups is 1. The first-order valence-corrected chi connectivity index (χ1v) is 12.1. The van der Waals surface area contributed by atoms with E-state index >= 15 is 0 Å². The van der Waals surface area contributed by atoms with Crippen molar-refractivity contribution >= 4 is 12.1 Å². The molecule has 11 nitrogen and oxygen atoms in total. The Morgan fingerprint density at radius 1 is 1.28 bits per heavy atom. The van der Waals surface area contributed by atoms with E-state index in [1.54, 1.807) is 0 Å². The number of hydrogen-bond donors (Lipinski definition) is 3. The van der Waals surface area contributed by atoms with Crippen molar-refractivity contribution in [3.8, 4) is 5.88 Å². The maximum absolute atomic E-state index is 12.5. The average molecular weight is 501 g/mol. The van der Waals surface area contributed by atoms with Crippen molar-refractivity contribution in [1.82, 2.24) is 19.9 Å². The van der Waals surface area contributed by atoms with Crippen LogP contribution in [-0.4, -0.2) is 58.5 Å². The minimum absolute atomic E-state index is 0.187. The molecule has 3 aliphatic rings. The molecule has 1 amide bonds. The maximum Gasteiger partial charge on any atom is 0.434 e. The lowest BCUT2D eigenvalue weighted by molar-refractivity contribution is -0.146. The van der Waals surface area contributed by atoms with Crippen LogP contribution in [0.1, 0.15) is 37.8 Å². The molecule has 1 aromatic heterocycles. The number of piperidine rings is 1. The Balaban J connectivity index is 1.23. The normalized spacial score (nSPS) is 20.0. The molecule has 0 saturated carbocycles. The van der Waals surface area contributed by atoms with Gasteiger partial charge in [0, 0.05) is 32.6 Å². The van der Waals surface area contributed by atoms with E-state index in [0.29, 0.717) is 24.1 Å². The largest absolute Gasteiger partial charge is 0.491 e. The van der Waals surface area contributed by atoms with Gasteiger partial charge in [-0.15, -0.1) is 0 Å². The minimum Gasteiger partial charge on any atom is -0.491 e. The molecule has 11 heteroatoms. The molecule has 1 aliphatic heterocycles. The molecule has 1 unspecified atom stereocenters. The predicted molar refractivity (Wildman–Crippen MR) is 130 cm³/mol. The van der Waals surface area contributed by atoms with E-state index in [1.807, 2.05) is 18.2 Å². The van der Waals surface area contributed by atoms with Crippen LogP contribution in [0.4, 0.5) is 4.79 Å². The summed E-state index contributed by atoms with van der Waals surface area (Å²) in [5.41, 5.74) is -0.537. The van der Waals surface area contributed by atoms with Crippen molar-refractivity contribution < 1.29 is 29.0 Å². The van der Waals surface area contributed by atoms with Crippen molar-refractivity contribution in [2.45, 2.75) is 38.6 Å². The quantitative estimate of drug-likeness (QED) is 0.462. The van der Waals surface area contributed by atoms with Gasteiger partial charge in [0.1, 0.15) is 11.5 Å². The molecule has 194 valence electrons. The van der Waals surface area contributed by atoms with Crippen LogP contribution in [0.15, 0.2) is 52.8 Å². The highest BCUT2D eigenvalue weighted by molar-refractivity contribution is 5.73. The van der Waals surface area contributed by atoms with Crippen LogP contribution < -0.4 is 15.8 Å². The number of rotatable bonds is 8. The number of ether oxygens (including phenoxy) is 2. The summed E-state index contributed by atoms with van der Waals surface area (Å²) in [4.78, 5) is 45.4. The predicted octanol–water partition coefficient (Wildman–Crippen LogP) is 2.12. The number of esters is 1. The zero-order chi connectivity index (χ0) is 25.5. The number of nitrogens with zero attached hydrogens (tertiary/aromatic N) is 2. The Kier molecular flexibility index (Phi) is 8.32. The van der Waals surface area contributed by atoms with Gasteiger partial charge in [0.25, 0.3) is 5.88 Å². The number of nitrogens with one attached hydrogen (secondary N) is 2. The van der Waals surface area contributed by atoms with Gasteiger partial charge in [-0.05, 0) is 49.8 Å². The van der Waals surface area contributed by atoms with E-state index in [1.165, 1.54) is 12.0 Å². The third-order valence-corrected chi connectivity index (χ3v) is 6.45. The van der Waals surface area contributed by atoms with Crippen LogP contribution in [0.3, 0.4) is 0 Å². The lowest BCUT2D eigenvalue weighted by Gasteiger charge is -2.29. The molecule has 0 spiro atoms. The molecule has 0 aromatic carbocycles. The first kappa shape index (κ1) is 25.4. The van der Waals surface area contributed by atoms with Gasteiger partial charge >= 0.3 is 17.8 Å². The second kappa shape index (κ2) is 11.8. The molecule has 1 fully saturated rings. The third kappa shape index (κ3) is 6.28. The van der Waals surface area contributed by atoms with Crippen molar-refractivity contribution in [2.75, 3.05) is 26.7 Å². The number of methoxy groups -OCH3 is 1. The fraction of sp³-hybridized carbons (Fsp3) is 0.480. The molecule has 1 atom stereocenters. The third-order valence-electron chi connectivity index (χ3n) is 6.45. The minimum atomic E-state index is -0.772. The fourth-order valence-electron chi connectivity index (χ4n) is 4.33. The zero-order valence-electron chi connectivity index (χ0n) is 20.3. The fourth-order valence-corrected chi connectivity index (χ4v) is 4.33. The van der Waals surface area contributed by atoms with Gasteiger partial charge in [0.05, 0.1) is 18.7 Å². The molecule has 0 radical (unpaired) electrons. The van der Waals surface area contributed by atoms with E-state index in [4.69, 9.17) is 14.3 Å². The molecule has 3 N–H and O–H groups in total. The molecule has 2 aliphatic carbocycles. The summed E-state index contributed by atoms with van der Waals surface area (Å²) in [6.45, 7) is 1.38. The van der Waals surface area contributed by atoms with Crippen LogP contribution >= 0.6 is 0 Å². The summed E-state index contributed by atoms with van der Waals surface area (Å²) in [5.74, 6) is 1.00. The number of aromatic amines is 1. The van der Waals surface area contributed by atoms with Gasteiger partial charge < -0.3 is 34.6 Å². The highest BCUT2D eigenvalue weighted by Gasteiger charge is 2.30. The maximum atomic E-state index is 12.5. The number of carbonyl (C=O) groups is 2. The van der Waals surface area contributed by atoms with Crippen LogP contribution in [0.25, 0.3) is 0 Å². The molecular formula is C25H32N4O7. The van der Waals surface area contributed by atoms with E-state index < -0.39 is 17.7 Å².